The molecule has 8 nitrogen and oxygen atoms in total. The van der Waals surface area contributed by atoms with Crippen LogP contribution in [0.1, 0.15) is 30.8 Å². The topological polar surface area (TPSA) is 86.3 Å². The number of para-hydroxylation sites is 2. The molecular formula is C17H19N5O3. The van der Waals surface area contributed by atoms with Crippen molar-refractivity contribution in [3.63, 3.8) is 0 Å². The van der Waals surface area contributed by atoms with Crippen LogP contribution in [-0.4, -0.2) is 50.3 Å². The average molecular weight is 341 g/mol. The first-order chi connectivity index (χ1) is 12.1. The third-order valence-corrected chi connectivity index (χ3v) is 4.49. The van der Waals surface area contributed by atoms with Crippen molar-refractivity contribution in [2.75, 3.05) is 19.8 Å². The number of fused-ring (bicyclic) bond motifs is 1. The minimum absolute atomic E-state index is 0.0210. The van der Waals surface area contributed by atoms with Gasteiger partial charge >= 0.3 is 0 Å². The predicted octanol–water partition coefficient (Wildman–Crippen LogP) is 1.89. The Morgan fingerprint density at radius 1 is 1.32 bits per heavy atom. The molecule has 0 unspecified atom stereocenters. The lowest BCUT2D eigenvalue weighted by Crippen LogP contribution is -2.46. The first kappa shape index (κ1) is 15.8. The molecule has 4 rings (SSSR count). The summed E-state index contributed by atoms with van der Waals surface area (Å²) < 4.78 is 12.9. The summed E-state index contributed by atoms with van der Waals surface area (Å²) in [4.78, 5) is 19.3. The monoisotopic (exact) mass is 341 g/mol. The SMILES string of the molecule is Cc1nnc([C@H]2COCCN2C(=O)[C@H](C)n2cnc3ccccc32)o1. The maximum atomic E-state index is 13.2. The Morgan fingerprint density at radius 2 is 2.16 bits per heavy atom. The fourth-order valence-electron chi connectivity index (χ4n) is 3.16. The van der Waals surface area contributed by atoms with Crippen LogP contribution < -0.4 is 0 Å². The summed E-state index contributed by atoms with van der Waals surface area (Å²) in [7, 11) is 0. The van der Waals surface area contributed by atoms with Crippen LogP contribution in [0.25, 0.3) is 11.0 Å². The quantitative estimate of drug-likeness (QED) is 0.723. The molecule has 8 heteroatoms. The normalized spacial score (nSPS) is 19.3. The third kappa shape index (κ3) is 2.78. The van der Waals surface area contributed by atoms with Gasteiger partial charge in [-0.3, -0.25) is 4.79 Å². The van der Waals surface area contributed by atoms with E-state index in [0.717, 1.165) is 11.0 Å². The highest BCUT2D eigenvalue weighted by molar-refractivity contribution is 5.84. The van der Waals surface area contributed by atoms with Crippen LogP contribution >= 0.6 is 0 Å². The summed E-state index contributed by atoms with van der Waals surface area (Å²) in [6, 6.07) is 7.02. The van der Waals surface area contributed by atoms with Gasteiger partial charge in [-0.05, 0) is 19.1 Å². The Balaban J connectivity index is 1.63. The Morgan fingerprint density at radius 3 is 2.96 bits per heavy atom. The van der Waals surface area contributed by atoms with E-state index in [-0.39, 0.29) is 11.9 Å². The molecule has 0 saturated carbocycles. The van der Waals surface area contributed by atoms with Gasteiger partial charge in [0.25, 0.3) is 0 Å². The van der Waals surface area contributed by atoms with Crippen LogP contribution in [0.2, 0.25) is 0 Å². The van der Waals surface area contributed by atoms with Crippen molar-refractivity contribution in [3.8, 4) is 0 Å². The molecule has 1 aliphatic rings. The number of ether oxygens (including phenoxy) is 1. The van der Waals surface area contributed by atoms with Crippen LogP contribution in [-0.2, 0) is 9.53 Å². The highest BCUT2D eigenvalue weighted by Gasteiger charge is 2.35. The summed E-state index contributed by atoms with van der Waals surface area (Å²) in [6.45, 7) is 4.94. The standard InChI is InChI=1S/C17H19N5O3/c1-11(22-10-18-13-5-3-4-6-14(13)22)17(23)21-7-8-24-9-15(21)16-20-19-12(2)25-16/h3-6,10-11,15H,7-9H2,1-2H3/t11-,15+/m0/s1. The van der Waals surface area contributed by atoms with Gasteiger partial charge in [-0.15, -0.1) is 10.2 Å². The Bertz CT molecular complexity index is 902. The number of morpholine rings is 1. The fraction of sp³-hybridized carbons (Fsp3) is 0.412. The number of aromatic nitrogens is 4. The molecule has 0 spiro atoms. The Kier molecular flexibility index (Phi) is 3.96. The number of benzene rings is 1. The molecule has 1 saturated heterocycles. The molecule has 0 bridgehead atoms. The second-order valence-corrected chi connectivity index (χ2v) is 6.10. The lowest BCUT2D eigenvalue weighted by Gasteiger charge is -2.35. The zero-order valence-corrected chi connectivity index (χ0v) is 14.1. The summed E-state index contributed by atoms with van der Waals surface area (Å²) in [5.74, 6) is 0.863. The Hall–Kier alpha value is -2.74. The Labute approximate surface area is 144 Å². The van der Waals surface area contributed by atoms with Gasteiger partial charge in [0.05, 0.1) is 30.6 Å². The van der Waals surface area contributed by atoms with E-state index in [1.807, 2.05) is 35.8 Å². The minimum atomic E-state index is -0.392. The smallest absolute Gasteiger partial charge is 0.246 e. The third-order valence-electron chi connectivity index (χ3n) is 4.49. The van der Waals surface area contributed by atoms with Crippen molar-refractivity contribution < 1.29 is 13.9 Å². The number of nitrogens with zero attached hydrogens (tertiary/aromatic N) is 5. The van der Waals surface area contributed by atoms with Gasteiger partial charge in [0.1, 0.15) is 12.1 Å². The zero-order valence-electron chi connectivity index (χ0n) is 14.1. The summed E-state index contributed by atoms with van der Waals surface area (Å²) in [5, 5.41) is 7.93. The molecular weight excluding hydrogens is 322 g/mol. The molecule has 1 aromatic carbocycles. The highest BCUT2D eigenvalue weighted by Crippen LogP contribution is 2.27. The van der Waals surface area contributed by atoms with E-state index < -0.39 is 6.04 Å². The van der Waals surface area contributed by atoms with Crippen LogP contribution in [0.15, 0.2) is 35.0 Å². The number of hydrogen-bond donors (Lipinski definition) is 0. The first-order valence-corrected chi connectivity index (χ1v) is 8.25. The van der Waals surface area contributed by atoms with Gasteiger partial charge in [-0.25, -0.2) is 4.98 Å². The largest absolute Gasteiger partial charge is 0.423 e. The number of imidazole rings is 1. The fourth-order valence-corrected chi connectivity index (χ4v) is 3.16. The second kappa shape index (κ2) is 6.29. The maximum absolute atomic E-state index is 13.2. The van der Waals surface area contributed by atoms with Crippen molar-refractivity contribution in [1.29, 1.82) is 0 Å². The van der Waals surface area contributed by atoms with Gasteiger partial charge < -0.3 is 18.6 Å². The predicted molar refractivity (Wildman–Crippen MR) is 88.8 cm³/mol. The van der Waals surface area contributed by atoms with Gasteiger partial charge in [0.2, 0.25) is 17.7 Å². The summed E-state index contributed by atoms with van der Waals surface area (Å²) in [5.41, 5.74) is 1.80. The van der Waals surface area contributed by atoms with Crippen LogP contribution in [0.4, 0.5) is 0 Å². The highest BCUT2D eigenvalue weighted by atomic mass is 16.5. The number of carbonyl (C=O) groups excluding carboxylic acids is 1. The molecule has 130 valence electrons. The molecule has 3 heterocycles. The molecule has 1 fully saturated rings. The van der Waals surface area contributed by atoms with Gasteiger partial charge in [-0.1, -0.05) is 12.1 Å². The number of rotatable bonds is 3. The molecule has 0 N–H and O–H groups in total. The van der Waals surface area contributed by atoms with E-state index >= 15 is 0 Å². The van der Waals surface area contributed by atoms with E-state index in [1.165, 1.54) is 0 Å². The van der Waals surface area contributed by atoms with Crippen molar-refractivity contribution in [3.05, 3.63) is 42.4 Å². The number of aryl methyl sites for hydroxylation is 1. The van der Waals surface area contributed by atoms with Crippen molar-refractivity contribution in [2.45, 2.75) is 25.9 Å². The molecule has 1 aliphatic heterocycles. The lowest BCUT2D eigenvalue weighted by molar-refractivity contribution is -0.144. The number of carbonyl (C=O) groups is 1. The van der Waals surface area contributed by atoms with E-state index in [4.69, 9.17) is 9.15 Å². The average Bonchev–Trinajstić information content (AvgIpc) is 3.27. The molecule has 0 aliphatic carbocycles. The lowest BCUT2D eigenvalue weighted by atomic mass is 10.1. The van der Waals surface area contributed by atoms with Gasteiger partial charge in [0.15, 0.2) is 0 Å². The molecule has 2 aromatic heterocycles. The zero-order chi connectivity index (χ0) is 17.4. The molecule has 25 heavy (non-hydrogen) atoms. The van der Waals surface area contributed by atoms with Crippen molar-refractivity contribution in [2.24, 2.45) is 0 Å². The van der Waals surface area contributed by atoms with Gasteiger partial charge in [-0.2, -0.15) is 0 Å². The maximum Gasteiger partial charge on any atom is 0.246 e. The van der Waals surface area contributed by atoms with Crippen LogP contribution in [0, 0.1) is 6.92 Å². The van der Waals surface area contributed by atoms with Crippen LogP contribution in [0.3, 0.4) is 0 Å². The number of hydrogen-bond acceptors (Lipinski definition) is 6. The number of amides is 1. The van der Waals surface area contributed by atoms with Crippen molar-refractivity contribution >= 4 is 16.9 Å². The molecule has 2 atom stereocenters. The first-order valence-electron chi connectivity index (χ1n) is 8.25. The van der Waals surface area contributed by atoms with E-state index in [2.05, 4.69) is 15.2 Å². The molecule has 1 amide bonds. The van der Waals surface area contributed by atoms with E-state index in [1.54, 1.807) is 18.2 Å². The summed E-state index contributed by atoms with van der Waals surface area (Å²) in [6.07, 6.45) is 1.71. The minimum Gasteiger partial charge on any atom is -0.423 e. The van der Waals surface area contributed by atoms with E-state index in [0.29, 0.717) is 31.5 Å². The van der Waals surface area contributed by atoms with E-state index in [9.17, 15) is 4.79 Å². The molecule has 3 aromatic rings. The van der Waals surface area contributed by atoms with Crippen molar-refractivity contribution in [1.82, 2.24) is 24.6 Å². The van der Waals surface area contributed by atoms with Gasteiger partial charge in [0, 0.05) is 13.5 Å². The molecule has 0 radical (unpaired) electrons. The van der Waals surface area contributed by atoms with Crippen LogP contribution in [0.5, 0.6) is 0 Å². The summed E-state index contributed by atoms with van der Waals surface area (Å²) >= 11 is 0. The second-order valence-electron chi connectivity index (χ2n) is 6.10.